The second-order valence-electron chi connectivity index (χ2n) is 5.71. The fraction of sp³-hybridized carbons (Fsp3) is 0.300. The molecule has 27 heavy (non-hydrogen) atoms. The first-order chi connectivity index (χ1) is 13.2. The minimum absolute atomic E-state index is 0.226. The number of hydrogen-bond donors (Lipinski definition) is 0. The first-order valence-electron chi connectivity index (χ1n) is 8.65. The Morgan fingerprint density at radius 2 is 2.04 bits per heavy atom. The number of carbonyl (C=O) groups excluding carboxylic acids is 1. The van der Waals surface area contributed by atoms with Gasteiger partial charge in [-0.1, -0.05) is 30.4 Å². The molecule has 2 aromatic carbocycles. The molecular weight excluding hydrogens is 380 g/mol. The number of thiazole rings is 1. The maximum atomic E-state index is 12.9. The summed E-state index contributed by atoms with van der Waals surface area (Å²) in [6.45, 7) is 3.24. The topological polar surface area (TPSA) is 52.8 Å². The average molecular weight is 403 g/mol. The van der Waals surface area contributed by atoms with Crippen molar-refractivity contribution in [1.29, 1.82) is 0 Å². The van der Waals surface area contributed by atoms with E-state index in [-0.39, 0.29) is 5.91 Å². The van der Waals surface area contributed by atoms with Gasteiger partial charge in [-0.05, 0) is 36.1 Å². The van der Waals surface area contributed by atoms with Crippen LogP contribution < -0.4 is 9.54 Å². The predicted octanol–water partition coefficient (Wildman–Crippen LogP) is 4.21. The van der Waals surface area contributed by atoms with Crippen LogP contribution in [0.1, 0.15) is 17.3 Å². The molecule has 0 N–H and O–H groups in total. The Kier molecular flexibility index (Phi) is 6.71. The van der Waals surface area contributed by atoms with Crippen LogP contribution in [0.2, 0.25) is 0 Å². The van der Waals surface area contributed by atoms with Crippen molar-refractivity contribution >= 4 is 39.2 Å². The highest BCUT2D eigenvalue weighted by molar-refractivity contribution is 7.99. The molecule has 3 aromatic rings. The zero-order valence-electron chi connectivity index (χ0n) is 15.6. The molecule has 0 fully saturated rings. The van der Waals surface area contributed by atoms with Crippen LogP contribution >= 0.6 is 23.1 Å². The SMILES string of the molecule is CCSc1ccccc1C(=O)N=c1sc2cc(OC)ccc2n1CCOC. The van der Waals surface area contributed by atoms with Crippen molar-refractivity contribution < 1.29 is 14.3 Å². The van der Waals surface area contributed by atoms with E-state index < -0.39 is 0 Å². The Labute approximate surface area is 166 Å². The van der Waals surface area contributed by atoms with Gasteiger partial charge in [0, 0.05) is 18.6 Å². The molecule has 0 spiro atoms. The smallest absolute Gasteiger partial charge is 0.280 e. The minimum Gasteiger partial charge on any atom is -0.497 e. The van der Waals surface area contributed by atoms with E-state index in [1.54, 1.807) is 26.0 Å². The summed E-state index contributed by atoms with van der Waals surface area (Å²) in [5.41, 5.74) is 1.65. The molecule has 0 aliphatic heterocycles. The normalized spacial score (nSPS) is 11.9. The van der Waals surface area contributed by atoms with Crippen LogP contribution in [0, 0.1) is 0 Å². The van der Waals surface area contributed by atoms with Crippen LogP contribution in [0.3, 0.4) is 0 Å². The third kappa shape index (κ3) is 4.43. The average Bonchev–Trinajstić information content (AvgIpc) is 3.02. The fourth-order valence-electron chi connectivity index (χ4n) is 2.74. The summed E-state index contributed by atoms with van der Waals surface area (Å²) in [5, 5.41) is 0. The van der Waals surface area contributed by atoms with Crippen LogP contribution in [0.15, 0.2) is 52.4 Å². The molecule has 5 nitrogen and oxygen atoms in total. The van der Waals surface area contributed by atoms with Gasteiger partial charge < -0.3 is 14.0 Å². The number of aromatic nitrogens is 1. The number of hydrogen-bond acceptors (Lipinski definition) is 5. The summed E-state index contributed by atoms with van der Waals surface area (Å²) in [6.07, 6.45) is 0. The number of methoxy groups -OCH3 is 2. The Morgan fingerprint density at radius 1 is 1.22 bits per heavy atom. The molecule has 0 aliphatic carbocycles. The van der Waals surface area contributed by atoms with Crippen molar-refractivity contribution in [1.82, 2.24) is 4.57 Å². The van der Waals surface area contributed by atoms with Gasteiger partial charge in [-0.3, -0.25) is 4.79 Å². The summed E-state index contributed by atoms with van der Waals surface area (Å²) in [7, 11) is 3.31. The van der Waals surface area contributed by atoms with Gasteiger partial charge in [-0.15, -0.1) is 11.8 Å². The molecular formula is C20H22N2O3S2. The molecule has 0 unspecified atom stereocenters. The first-order valence-corrected chi connectivity index (χ1v) is 10.4. The van der Waals surface area contributed by atoms with E-state index >= 15 is 0 Å². The number of nitrogens with zero attached hydrogens (tertiary/aromatic N) is 2. The number of thioether (sulfide) groups is 1. The van der Waals surface area contributed by atoms with Gasteiger partial charge >= 0.3 is 0 Å². The molecule has 7 heteroatoms. The summed E-state index contributed by atoms with van der Waals surface area (Å²) >= 11 is 3.13. The molecule has 0 radical (unpaired) electrons. The lowest BCUT2D eigenvalue weighted by molar-refractivity contribution is 0.0994. The highest BCUT2D eigenvalue weighted by Gasteiger charge is 2.13. The van der Waals surface area contributed by atoms with Gasteiger partial charge in [0.15, 0.2) is 4.80 Å². The van der Waals surface area contributed by atoms with Gasteiger partial charge in [0.05, 0.1) is 29.5 Å². The van der Waals surface area contributed by atoms with Crippen LogP contribution in [0.4, 0.5) is 0 Å². The van der Waals surface area contributed by atoms with Crippen molar-refractivity contribution in [2.24, 2.45) is 4.99 Å². The quantitative estimate of drug-likeness (QED) is 0.556. The van der Waals surface area contributed by atoms with E-state index in [0.29, 0.717) is 23.5 Å². The van der Waals surface area contributed by atoms with Gasteiger partial charge in [0.2, 0.25) is 0 Å². The van der Waals surface area contributed by atoms with Crippen molar-refractivity contribution in [3.05, 3.63) is 52.8 Å². The fourth-order valence-corrected chi connectivity index (χ4v) is 4.62. The lowest BCUT2D eigenvalue weighted by atomic mass is 10.2. The van der Waals surface area contributed by atoms with E-state index in [4.69, 9.17) is 9.47 Å². The van der Waals surface area contributed by atoms with Gasteiger partial charge in [0.25, 0.3) is 5.91 Å². The Bertz CT molecular complexity index is 1010. The number of carbonyl (C=O) groups is 1. The molecule has 142 valence electrons. The van der Waals surface area contributed by atoms with Crippen LogP contribution in [0.5, 0.6) is 5.75 Å². The zero-order valence-corrected chi connectivity index (χ0v) is 17.2. The number of rotatable bonds is 7. The van der Waals surface area contributed by atoms with Crippen LogP contribution in [-0.4, -0.2) is 37.1 Å². The second-order valence-corrected chi connectivity index (χ2v) is 8.02. The van der Waals surface area contributed by atoms with E-state index in [9.17, 15) is 4.79 Å². The van der Waals surface area contributed by atoms with Crippen molar-refractivity contribution in [3.63, 3.8) is 0 Å². The highest BCUT2D eigenvalue weighted by Crippen LogP contribution is 2.25. The molecule has 1 heterocycles. The number of fused-ring (bicyclic) bond motifs is 1. The predicted molar refractivity (Wildman–Crippen MR) is 111 cm³/mol. The van der Waals surface area contributed by atoms with E-state index in [0.717, 1.165) is 26.6 Å². The lowest BCUT2D eigenvalue weighted by Gasteiger charge is -2.06. The molecule has 1 aromatic heterocycles. The summed E-state index contributed by atoms with van der Waals surface area (Å²) in [4.78, 5) is 19.0. The van der Waals surface area contributed by atoms with E-state index in [1.807, 2.05) is 47.0 Å². The molecule has 0 bridgehead atoms. The molecule has 1 amide bonds. The third-order valence-electron chi connectivity index (χ3n) is 4.02. The first kappa shape index (κ1) is 19.7. The standard InChI is InChI=1S/C20H22N2O3S2/c1-4-26-17-8-6-5-7-15(17)19(23)21-20-22(11-12-24-2)16-10-9-14(25-3)13-18(16)27-20/h5-10,13H,4,11-12H2,1-3H3. The Hall–Kier alpha value is -2.09. The number of benzene rings is 2. The zero-order chi connectivity index (χ0) is 19.2. The van der Waals surface area contributed by atoms with Crippen molar-refractivity contribution in [3.8, 4) is 5.75 Å². The summed E-state index contributed by atoms with van der Waals surface area (Å²) in [6, 6.07) is 13.5. The molecule has 0 atom stereocenters. The van der Waals surface area contributed by atoms with E-state index in [1.165, 1.54) is 11.3 Å². The Morgan fingerprint density at radius 3 is 2.78 bits per heavy atom. The summed E-state index contributed by atoms with van der Waals surface area (Å²) in [5.74, 6) is 1.46. The molecule has 0 saturated carbocycles. The maximum Gasteiger partial charge on any atom is 0.280 e. The summed E-state index contributed by atoms with van der Waals surface area (Å²) < 4.78 is 13.6. The Balaban J connectivity index is 2.10. The van der Waals surface area contributed by atoms with Crippen LogP contribution in [0.25, 0.3) is 10.2 Å². The monoisotopic (exact) mass is 402 g/mol. The maximum absolute atomic E-state index is 12.9. The number of amides is 1. The van der Waals surface area contributed by atoms with Gasteiger partial charge in [0.1, 0.15) is 5.75 Å². The largest absolute Gasteiger partial charge is 0.497 e. The molecule has 3 rings (SSSR count). The molecule has 0 aliphatic rings. The van der Waals surface area contributed by atoms with Crippen molar-refractivity contribution in [2.75, 3.05) is 26.6 Å². The number of ether oxygens (including phenoxy) is 2. The van der Waals surface area contributed by atoms with Crippen molar-refractivity contribution in [2.45, 2.75) is 18.4 Å². The third-order valence-corrected chi connectivity index (χ3v) is 6.02. The molecule has 0 saturated heterocycles. The van der Waals surface area contributed by atoms with Gasteiger partial charge in [-0.2, -0.15) is 4.99 Å². The highest BCUT2D eigenvalue weighted by atomic mass is 32.2. The van der Waals surface area contributed by atoms with E-state index in [2.05, 4.69) is 11.9 Å². The van der Waals surface area contributed by atoms with Gasteiger partial charge in [-0.25, -0.2) is 0 Å². The second kappa shape index (κ2) is 9.21. The van der Waals surface area contributed by atoms with Crippen LogP contribution in [-0.2, 0) is 11.3 Å². The lowest BCUT2D eigenvalue weighted by Crippen LogP contribution is -2.19. The minimum atomic E-state index is -0.226.